The highest BCUT2D eigenvalue weighted by atomic mass is 32.2. The molecule has 1 aromatic carbocycles. The topological polar surface area (TPSA) is 243 Å². The van der Waals surface area contributed by atoms with Gasteiger partial charge in [-0.1, -0.05) is 12.1 Å². The molecule has 4 atom stereocenters. The van der Waals surface area contributed by atoms with Crippen molar-refractivity contribution in [3.63, 3.8) is 0 Å². The molecule has 1 aromatic heterocycles. The number of nitrogens with two attached hydrogens (primary N) is 2. The highest BCUT2D eigenvalue weighted by molar-refractivity contribution is 7.98. The van der Waals surface area contributed by atoms with Crippen LogP contribution in [0.1, 0.15) is 24.1 Å². The van der Waals surface area contributed by atoms with Crippen molar-refractivity contribution in [2.45, 2.75) is 49.9 Å². The molecular weight excluding hydrogens is 530 g/mol. The Balaban J connectivity index is 2.10. The van der Waals surface area contributed by atoms with Gasteiger partial charge in [0.25, 0.3) is 0 Å². The van der Waals surface area contributed by atoms with E-state index in [0.29, 0.717) is 17.0 Å². The third-order valence-corrected chi connectivity index (χ3v) is 6.25. The second kappa shape index (κ2) is 15.3. The quantitative estimate of drug-likeness (QED) is 0.116. The Hall–Kier alpha value is -4.11. The van der Waals surface area contributed by atoms with Crippen LogP contribution in [0.4, 0.5) is 0 Å². The number of hydrogen-bond acceptors (Lipinski definition) is 9. The molecule has 4 amide bonds. The number of phenols is 1. The Kier molecular flexibility index (Phi) is 12.2. The molecular formula is C24H33N7O7S. The molecule has 1 heterocycles. The fourth-order valence-electron chi connectivity index (χ4n) is 3.53. The molecule has 2 aromatic rings. The van der Waals surface area contributed by atoms with Gasteiger partial charge in [-0.2, -0.15) is 11.8 Å². The van der Waals surface area contributed by atoms with Gasteiger partial charge in [0.1, 0.15) is 23.9 Å². The average molecular weight is 564 g/mol. The van der Waals surface area contributed by atoms with Gasteiger partial charge in [0.2, 0.25) is 23.6 Å². The largest absolute Gasteiger partial charge is 0.508 e. The van der Waals surface area contributed by atoms with Crippen LogP contribution in [0.15, 0.2) is 36.8 Å². The van der Waals surface area contributed by atoms with E-state index in [0.717, 1.165) is 0 Å². The van der Waals surface area contributed by atoms with Gasteiger partial charge in [-0.15, -0.1) is 0 Å². The van der Waals surface area contributed by atoms with Crippen molar-refractivity contribution in [1.29, 1.82) is 0 Å². The van der Waals surface area contributed by atoms with Crippen LogP contribution in [-0.4, -0.2) is 86.0 Å². The number of aliphatic carboxylic acids is 1. The number of aromatic amines is 1. The average Bonchev–Trinajstić information content (AvgIpc) is 3.39. The molecule has 10 N–H and O–H groups in total. The number of phenolic OH excluding ortho intramolecular Hbond substituents is 1. The summed E-state index contributed by atoms with van der Waals surface area (Å²) in [5.74, 6) is -4.02. The molecule has 4 unspecified atom stereocenters. The van der Waals surface area contributed by atoms with Gasteiger partial charge >= 0.3 is 5.97 Å². The summed E-state index contributed by atoms with van der Waals surface area (Å²) in [7, 11) is 0. The molecule has 2 rings (SSSR count). The van der Waals surface area contributed by atoms with Crippen LogP contribution in [0.2, 0.25) is 0 Å². The first-order valence-electron chi connectivity index (χ1n) is 11.9. The molecule has 212 valence electrons. The number of aromatic hydroxyl groups is 1. The molecule has 0 saturated carbocycles. The molecule has 14 nitrogen and oxygen atoms in total. The summed E-state index contributed by atoms with van der Waals surface area (Å²) in [6.07, 6.45) is 4.21. The van der Waals surface area contributed by atoms with E-state index in [-0.39, 0.29) is 25.0 Å². The third-order valence-electron chi connectivity index (χ3n) is 5.60. The Morgan fingerprint density at radius 3 is 2.15 bits per heavy atom. The molecule has 0 aliphatic carbocycles. The van der Waals surface area contributed by atoms with E-state index in [9.17, 15) is 34.2 Å². The molecule has 0 aliphatic heterocycles. The number of carboxylic acid groups (broad SMARTS) is 1. The Bertz CT molecular complexity index is 1130. The van der Waals surface area contributed by atoms with Crippen LogP contribution in [0.3, 0.4) is 0 Å². The minimum atomic E-state index is -1.43. The lowest BCUT2D eigenvalue weighted by molar-refractivity contribution is -0.142. The van der Waals surface area contributed by atoms with Crippen LogP contribution >= 0.6 is 11.8 Å². The number of carbonyl (C=O) groups is 5. The zero-order valence-corrected chi connectivity index (χ0v) is 22.1. The SMILES string of the molecule is CSCCC(NC(=O)C(CC(N)=O)NC(=O)C(N)Cc1ccc(O)cc1)C(=O)NC(Cc1cnc[nH]1)C(=O)O. The summed E-state index contributed by atoms with van der Waals surface area (Å²) < 4.78 is 0. The number of primary amides is 1. The molecule has 0 aliphatic rings. The first kappa shape index (κ1) is 31.1. The number of nitrogens with one attached hydrogen (secondary N) is 4. The van der Waals surface area contributed by atoms with Crippen molar-refractivity contribution < 1.29 is 34.2 Å². The number of carbonyl (C=O) groups excluding carboxylic acids is 4. The molecule has 0 radical (unpaired) electrons. The summed E-state index contributed by atoms with van der Waals surface area (Å²) in [5.41, 5.74) is 12.4. The van der Waals surface area contributed by atoms with Crippen LogP contribution in [0.5, 0.6) is 5.75 Å². The lowest BCUT2D eigenvalue weighted by atomic mass is 10.0. The number of benzene rings is 1. The summed E-state index contributed by atoms with van der Waals surface area (Å²) >= 11 is 1.40. The number of amides is 4. The van der Waals surface area contributed by atoms with Gasteiger partial charge < -0.3 is 42.6 Å². The molecule has 0 fully saturated rings. The van der Waals surface area contributed by atoms with Crippen LogP contribution in [0, 0.1) is 0 Å². The zero-order chi connectivity index (χ0) is 28.9. The normalized spacial score (nSPS) is 13.9. The first-order chi connectivity index (χ1) is 18.5. The second-order valence-corrected chi connectivity index (χ2v) is 9.72. The van der Waals surface area contributed by atoms with E-state index in [2.05, 4.69) is 25.9 Å². The maximum absolute atomic E-state index is 13.1. The van der Waals surface area contributed by atoms with Gasteiger partial charge in [-0.05, 0) is 42.5 Å². The van der Waals surface area contributed by atoms with E-state index < -0.39 is 60.2 Å². The molecule has 0 spiro atoms. The second-order valence-electron chi connectivity index (χ2n) is 8.73. The standard InChI is InChI=1S/C24H33N7O7S/c1-39-7-6-17(22(35)31-19(24(37)38)9-14-11-27-12-28-14)29-23(36)18(10-20(26)33)30-21(34)16(25)8-13-2-4-15(32)5-3-13/h2-5,11-12,16-19,32H,6-10,25H2,1H3,(H2,26,33)(H,27,28)(H,29,36)(H,30,34)(H,31,35)(H,37,38). The summed E-state index contributed by atoms with van der Waals surface area (Å²) in [4.78, 5) is 68.7. The van der Waals surface area contributed by atoms with Crippen molar-refractivity contribution in [1.82, 2.24) is 25.9 Å². The number of nitrogens with zero attached hydrogens (tertiary/aromatic N) is 1. The summed E-state index contributed by atoms with van der Waals surface area (Å²) in [5, 5.41) is 26.3. The molecule has 0 bridgehead atoms. The van der Waals surface area contributed by atoms with Crippen molar-refractivity contribution in [2.24, 2.45) is 11.5 Å². The smallest absolute Gasteiger partial charge is 0.326 e. The Morgan fingerprint density at radius 1 is 0.974 bits per heavy atom. The number of aromatic nitrogens is 2. The van der Waals surface area contributed by atoms with E-state index in [4.69, 9.17) is 11.5 Å². The highest BCUT2D eigenvalue weighted by Gasteiger charge is 2.31. The van der Waals surface area contributed by atoms with Crippen LogP contribution in [-0.2, 0) is 36.8 Å². The summed E-state index contributed by atoms with van der Waals surface area (Å²) in [6.45, 7) is 0. The first-order valence-corrected chi connectivity index (χ1v) is 13.3. The van der Waals surface area contributed by atoms with Crippen molar-refractivity contribution in [3.05, 3.63) is 48.0 Å². The maximum Gasteiger partial charge on any atom is 0.326 e. The van der Waals surface area contributed by atoms with Crippen molar-refractivity contribution in [3.8, 4) is 5.75 Å². The predicted molar refractivity (Wildman–Crippen MR) is 142 cm³/mol. The fraction of sp³-hybridized carbons (Fsp3) is 0.417. The molecule has 0 saturated heterocycles. The Labute approximate surface area is 228 Å². The predicted octanol–water partition coefficient (Wildman–Crippen LogP) is -1.60. The Morgan fingerprint density at radius 2 is 1.59 bits per heavy atom. The van der Waals surface area contributed by atoms with Gasteiger partial charge in [-0.25, -0.2) is 9.78 Å². The lowest BCUT2D eigenvalue weighted by Crippen LogP contribution is -2.58. The van der Waals surface area contributed by atoms with E-state index in [1.54, 1.807) is 18.4 Å². The fourth-order valence-corrected chi connectivity index (χ4v) is 4.00. The zero-order valence-electron chi connectivity index (χ0n) is 21.3. The molecule has 15 heteroatoms. The third kappa shape index (κ3) is 10.6. The van der Waals surface area contributed by atoms with Crippen LogP contribution in [0.25, 0.3) is 0 Å². The number of rotatable bonds is 16. The number of imidazole rings is 1. The highest BCUT2D eigenvalue weighted by Crippen LogP contribution is 2.11. The maximum atomic E-state index is 13.1. The van der Waals surface area contributed by atoms with Gasteiger partial charge in [0, 0.05) is 18.3 Å². The minimum absolute atomic E-state index is 0.0472. The van der Waals surface area contributed by atoms with Crippen molar-refractivity contribution >= 4 is 41.4 Å². The number of carboxylic acids is 1. The van der Waals surface area contributed by atoms with E-state index >= 15 is 0 Å². The van der Waals surface area contributed by atoms with E-state index in [1.165, 1.54) is 36.4 Å². The van der Waals surface area contributed by atoms with E-state index in [1.807, 2.05) is 0 Å². The lowest BCUT2D eigenvalue weighted by Gasteiger charge is -2.24. The number of hydrogen-bond donors (Lipinski definition) is 8. The number of thioether (sulfide) groups is 1. The molecule has 39 heavy (non-hydrogen) atoms. The van der Waals surface area contributed by atoms with Gasteiger partial charge in [-0.3, -0.25) is 19.2 Å². The van der Waals surface area contributed by atoms with Crippen molar-refractivity contribution in [2.75, 3.05) is 12.0 Å². The summed E-state index contributed by atoms with van der Waals surface area (Å²) in [6, 6.07) is 1.07. The number of H-pyrrole nitrogens is 1. The monoisotopic (exact) mass is 563 g/mol. The minimum Gasteiger partial charge on any atom is -0.508 e. The van der Waals surface area contributed by atoms with Crippen LogP contribution < -0.4 is 27.4 Å². The van der Waals surface area contributed by atoms with Gasteiger partial charge in [0.05, 0.1) is 18.8 Å². The van der Waals surface area contributed by atoms with Gasteiger partial charge in [0.15, 0.2) is 0 Å².